The van der Waals surface area contributed by atoms with Crippen LogP contribution in [0.4, 0.5) is 10.8 Å². The zero-order valence-corrected chi connectivity index (χ0v) is 19.1. The summed E-state index contributed by atoms with van der Waals surface area (Å²) in [6.07, 6.45) is 0. The number of carbonyl (C=O) groups is 1. The Labute approximate surface area is 189 Å². The Balaban J connectivity index is 2.01. The summed E-state index contributed by atoms with van der Waals surface area (Å²) in [6.45, 7) is 6.91. The molecule has 0 fully saturated rings. The Hall–Kier alpha value is -2.75. The number of halogens is 1. The van der Waals surface area contributed by atoms with Crippen molar-refractivity contribution in [1.82, 2.24) is 9.88 Å². The molecule has 1 aromatic heterocycles. The topological polar surface area (TPSA) is 88.8 Å². The molecule has 8 nitrogen and oxygen atoms in total. The number of methoxy groups -OCH3 is 1. The summed E-state index contributed by atoms with van der Waals surface area (Å²) in [5.41, 5.74) is 0.879. The van der Waals surface area contributed by atoms with Crippen molar-refractivity contribution in [3.05, 3.63) is 57.1 Å². The number of rotatable bonds is 9. The molecule has 3 rings (SSSR count). The van der Waals surface area contributed by atoms with Gasteiger partial charge in [-0.2, -0.15) is 0 Å². The molecule has 0 aliphatic heterocycles. The van der Waals surface area contributed by atoms with Crippen LogP contribution < -0.4 is 9.64 Å². The molecule has 2 aromatic carbocycles. The number of fused-ring (bicyclic) bond motifs is 1. The SMILES string of the molecule is CCN(CC)CCN(C(=O)c1ccc([N+](=O)[O-])cc1)c1nc2c(OC)ccc(Cl)c2s1. The number of anilines is 1. The molecule has 164 valence electrons. The fourth-order valence-corrected chi connectivity index (χ4v) is 4.45. The largest absolute Gasteiger partial charge is 0.494 e. The molecule has 0 aliphatic carbocycles. The maximum atomic E-state index is 13.4. The van der Waals surface area contributed by atoms with Gasteiger partial charge >= 0.3 is 0 Å². The number of non-ortho nitro benzene ring substituents is 1. The smallest absolute Gasteiger partial charge is 0.269 e. The zero-order valence-electron chi connectivity index (χ0n) is 17.5. The van der Waals surface area contributed by atoms with Crippen LogP contribution in [-0.2, 0) is 0 Å². The molecule has 0 spiro atoms. The lowest BCUT2D eigenvalue weighted by molar-refractivity contribution is -0.384. The van der Waals surface area contributed by atoms with Crippen molar-refractivity contribution in [3.63, 3.8) is 0 Å². The van der Waals surface area contributed by atoms with E-state index in [1.807, 2.05) is 0 Å². The first-order valence-corrected chi connectivity index (χ1v) is 11.0. The number of carbonyl (C=O) groups excluding carboxylic acids is 1. The van der Waals surface area contributed by atoms with E-state index in [2.05, 4.69) is 23.7 Å². The van der Waals surface area contributed by atoms with Gasteiger partial charge in [0.1, 0.15) is 11.3 Å². The van der Waals surface area contributed by atoms with Crippen molar-refractivity contribution < 1.29 is 14.5 Å². The Kier molecular flexibility index (Phi) is 7.42. The minimum atomic E-state index is -0.492. The molecule has 10 heteroatoms. The number of nitrogens with zero attached hydrogens (tertiary/aromatic N) is 4. The first-order valence-electron chi connectivity index (χ1n) is 9.81. The van der Waals surface area contributed by atoms with Gasteiger partial charge in [0.2, 0.25) is 0 Å². The third-order valence-corrected chi connectivity index (χ3v) is 6.54. The lowest BCUT2D eigenvalue weighted by atomic mass is 10.2. The summed E-state index contributed by atoms with van der Waals surface area (Å²) in [5, 5.41) is 12.0. The number of benzene rings is 2. The molecule has 3 aromatic rings. The quantitative estimate of drug-likeness (QED) is 0.333. The number of hydrogen-bond acceptors (Lipinski definition) is 7. The molecule has 0 bridgehead atoms. The van der Waals surface area contributed by atoms with E-state index < -0.39 is 4.92 Å². The molecule has 1 heterocycles. The van der Waals surface area contributed by atoms with Crippen molar-refractivity contribution in [3.8, 4) is 5.75 Å². The first-order chi connectivity index (χ1) is 14.9. The van der Waals surface area contributed by atoms with E-state index in [1.165, 1.54) is 35.6 Å². The van der Waals surface area contributed by atoms with Gasteiger partial charge in [-0.15, -0.1) is 0 Å². The highest BCUT2D eigenvalue weighted by molar-refractivity contribution is 7.23. The summed E-state index contributed by atoms with van der Waals surface area (Å²) in [6, 6.07) is 9.06. The van der Waals surface area contributed by atoms with E-state index in [-0.39, 0.29) is 11.6 Å². The van der Waals surface area contributed by atoms with Crippen LogP contribution in [0.5, 0.6) is 5.75 Å². The molecule has 0 aliphatic rings. The number of hydrogen-bond donors (Lipinski definition) is 0. The number of nitro benzene ring substituents is 1. The van der Waals surface area contributed by atoms with Gasteiger partial charge < -0.3 is 9.64 Å². The minimum absolute atomic E-state index is 0.0669. The number of ether oxygens (including phenoxy) is 1. The van der Waals surface area contributed by atoms with Crippen molar-refractivity contribution in [2.75, 3.05) is 38.2 Å². The van der Waals surface area contributed by atoms with Crippen molar-refractivity contribution >= 4 is 49.9 Å². The van der Waals surface area contributed by atoms with E-state index in [9.17, 15) is 14.9 Å². The van der Waals surface area contributed by atoms with Gasteiger partial charge in [0.15, 0.2) is 5.13 Å². The van der Waals surface area contributed by atoms with Crippen molar-refractivity contribution in [1.29, 1.82) is 0 Å². The lowest BCUT2D eigenvalue weighted by Crippen LogP contribution is -2.38. The zero-order chi connectivity index (χ0) is 22.5. The summed E-state index contributed by atoms with van der Waals surface area (Å²) < 4.78 is 6.14. The maximum Gasteiger partial charge on any atom is 0.269 e. The third-order valence-electron chi connectivity index (χ3n) is 5.00. The molecular weight excluding hydrogens is 440 g/mol. The number of amides is 1. The maximum absolute atomic E-state index is 13.4. The molecular formula is C21H23ClN4O4S. The van der Waals surface area contributed by atoms with E-state index in [4.69, 9.17) is 16.3 Å². The Morgan fingerprint density at radius 1 is 1.16 bits per heavy atom. The summed E-state index contributed by atoms with van der Waals surface area (Å²) in [5.74, 6) is 0.296. The molecule has 0 unspecified atom stereocenters. The number of thiazole rings is 1. The Morgan fingerprint density at radius 2 is 1.84 bits per heavy atom. The third kappa shape index (κ3) is 4.95. The fourth-order valence-electron chi connectivity index (χ4n) is 3.17. The second-order valence-electron chi connectivity index (χ2n) is 6.71. The van der Waals surface area contributed by atoms with Crippen molar-refractivity contribution in [2.45, 2.75) is 13.8 Å². The summed E-state index contributed by atoms with van der Waals surface area (Å²) in [7, 11) is 1.56. The van der Waals surface area contributed by atoms with E-state index in [1.54, 1.807) is 24.1 Å². The van der Waals surface area contributed by atoms with Gasteiger partial charge in [-0.25, -0.2) is 4.98 Å². The highest BCUT2D eigenvalue weighted by atomic mass is 35.5. The first kappa shape index (κ1) is 22.9. The second-order valence-corrected chi connectivity index (χ2v) is 8.10. The van der Waals surface area contributed by atoms with Crippen LogP contribution in [-0.4, -0.2) is 54.0 Å². The van der Waals surface area contributed by atoms with Gasteiger partial charge in [0, 0.05) is 30.8 Å². The summed E-state index contributed by atoms with van der Waals surface area (Å²) >= 11 is 7.67. The van der Waals surface area contributed by atoms with Gasteiger partial charge in [-0.05, 0) is 37.4 Å². The highest BCUT2D eigenvalue weighted by Gasteiger charge is 2.24. The predicted octanol–water partition coefficient (Wildman–Crippen LogP) is 4.86. The molecule has 0 saturated carbocycles. The van der Waals surface area contributed by atoms with Crippen LogP contribution in [0.15, 0.2) is 36.4 Å². The van der Waals surface area contributed by atoms with Gasteiger partial charge in [0.25, 0.3) is 11.6 Å². The predicted molar refractivity (Wildman–Crippen MR) is 124 cm³/mol. The van der Waals surface area contributed by atoms with Gasteiger partial charge in [-0.1, -0.05) is 36.8 Å². The van der Waals surface area contributed by atoms with Crippen LogP contribution in [0.1, 0.15) is 24.2 Å². The fraction of sp³-hybridized carbons (Fsp3) is 0.333. The molecule has 31 heavy (non-hydrogen) atoms. The Morgan fingerprint density at radius 3 is 2.42 bits per heavy atom. The summed E-state index contributed by atoms with van der Waals surface area (Å²) in [4.78, 5) is 32.3. The van der Waals surface area contributed by atoms with E-state index in [0.717, 1.165) is 17.8 Å². The van der Waals surface area contributed by atoms with Crippen LogP contribution in [0, 0.1) is 10.1 Å². The van der Waals surface area contributed by atoms with Gasteiger partial charge in [-0.3, -0.25) is 19.8 Å². The molecule has 0 radical (unpaired) electrons. The van der Waals surface area contributed by atoms with Crippen LogP contribution in [0.25, 0.3) is 10.2 Å². The molecule has 0 saturated heterocycles. The number of aromatic nitrogens is 1. The van der Waals surface area contributed by atoms with Gasteiger partial charge in [0.05, 0.1) is 21.8 Å². The average Bonchev–Trinajstić information content (AvgIpc) is 3.23. The second kappa shape index (κ2) is 10.0. The van der Waals surface area contributed by atoms with Crippen LogP contribution in [0.3, 0.4) is 0 Å². The van der Waals surface area contributed by atoms with Crippen molar-refractivity contribution in [2.24, 2.45) is 0 Å². The molecule has 0 N–H and O–H groups in total. The average molecular weight is 463 g/mol. The number of nitro groups is 1. The number of likely N-dealkylation sites (N-methyl/N-ethyl adjacent to an activating group) is 1. The Bertz CT molecular complexity index is 1080. The normalized spacial score (nSPS) is 11.1. The van der Waals surface area contributed by atoms with Crippen LogP contribution in [0.2, 0.25) is 5.02 Å². The minimum Gasteiger partial charge on any atom is -0.494 e. The molecule has 1 amide bonds. The van der Waals surface area contributed by atoms with E-state index in [0.29, 0.717) is 40.1 Å². The standard InChI is InChI=1S/C21H23ClN4O4S/c1-4-24(5-2)12-13-25(20(27)14-6-8-15(9-7-14)26(28)29)21-23-18-17(30-3)11-10-16(22)19(18)31-21/h6-11H,4-5,12-13H2,1-3H3. The van der Waals surface area contributed by atoms with Crippen LogP contribution >= 0.6 is 22.9 Å². The van der Waals surface area contributed by atoms with E-state index >= 15 is 0 Å². The lowest BCUT2D eigenvalue weighted by Gasteiger charge is -2.24. The monoisotopic (exact) mass is 462 g/mol. The highest BCUT2D eigenvalue weighted by Crippen LogP contribution is 2.39. The molecule has 0 atom stereocenters.